The molecule has 0 saturated carbocycles. The van der Waals surface area contributed by atoms with Gasteiger partial charge in [-0.15, -0.1) is 0 Å². The maximum Gasteiger partial charge on any atom is 0.186 e. The molecule has 0 aliphatic carbocycles. The van der Waals surface area contributed by atoms with Crippen molar-refractivity contribution in [2.24, 2.45) is 5.73 Å². The summed E-state index contributed by atoms with van der Waals surface area (Å²) in [6, 6.07) is 10.5. The van der Waals surface area contributed by atoms with E-state index in [0.717, 1.165) is 21.3 Å². The van der Waals surface area contributed by atoms with Gasteiger partial charge in [0.25, 0.3) is 0 Å². The Bertz CT molecular complexity index is 541. The van der Waals surface area contributed by atoms with E-state index in [4.69, 9.17) is 15.5 Å². The molecule has 2 aromatic rings. The number of methoxy groups -OCH3 is 1. The molecule has 0 fully saturated rings. The van der Waals surface area contributed by atoms with Crippen molar-refractivity contribution in [3.8, 4) is 11.3 Å². The quantitative estimate of drug-likeness (QED) is 0.889. The van der Waals surface area contributed by atoms with Crippen LogP contribution in [-0.4, -0.2) is 31.8 Å². The lowest BCUT2D eigenvalue weighted by molar-refractivity contribution is 0.183. The molecule has 2 N–H and O–H groups in total. The standard InChI is InChI=1S/C15H21N3OS/c1-11(10-19-3)18(2)15-17-14(13(9-16)20-15)12-7-5-4-6-8-12/h4-8,11H,9-10,16H2,1-3H3. The van der Waals surface area contributed by atoms with E-state index in [9.17, 15) is 0 Å². The summed E-state index contributed by atoms with van der Waals surface area (Å²) in [5, 5.41) is 0.980. The Morgan fingerprint density at radius 2 is 2.05 bits per heavy atom. The fourth-order valence-corrected chi connectivity index (χ4v) is 3.02. The van der Waals surface area contributed by atoms with E-state index < -0.39 is 0 Å². The SMILES string of the molecule is COCC(C)N(C)c1nc(-c2ccccc2)c(CN)s1. The number of nitrogens with two attached hydrogens (primary N) is 1. The van der Waals surface area contributed by atoms with Crippen LogP contribution >= 0.6 is 11.3 Å². The van der Waals surface area contributed by atoms with Gasteiger partial charge in [-0.1, -0.05) is 41.7 Å². The van der Waals surface area contributed by atoms with Crippen LogP contribution < -0.4 is 10.6 Å². The van der Waals surface area contributed by atoms with Gasteiger partial charge in [0.2, 0.25) is 0 Å². The number of ether oxygens (including phenoxy) is 1. The molecular weight excluding hydrogens is 270 g/mol. The van der Waals surface area contributed by atoms with Crippen LogP contribution in [0.5, 0.6) is 0 Å². The average Bonchev–Trinajstić information content (AvgIpc) is 2.91. The largest absolute Gasteiger partial charge is 0.383 e. The van der Waals surface area contributed by atoms with E-state index in [1.165, 1.54) is 0 Å². The Morgan fingerprint density at radius 1 is 1.35 bits per heavy atom. The van der Waals surface area contributed by atoms with Gasteiger partial charge in [-0.3, -0.25) is 0 Å². The summed E-state index contributed by atoms with van der Waals surface area (Å²) in [4.78, 5) is 8.02. The number of hydrogen-bond donors (Lipinski definition) is 1. The maximum atomic E-state index is 5.86. The third-order valence-electron chi connectivity index (χ3n) is 3.29. The normalized spacial score (nSPS) is 12.4. The van der Waals surface area contributed by atoms with Gasteiger partial charge >= 0.3 is 0 Å². The third-order valence-corrected chi connectivity index (χ3v) is 4.46. The molecule has 2 rings (SSSR count). The summed E-state index contributed by atoms with van der Waals surface area (Å²) in [7, 11) is 3.75. The minimum absolute atomic E-state index is 0.278. The highest BCUT2D eigenvalue weighted by Crippen LogP contribution is 2.33. The van der Waals surface area contributed by atoms with Gasteiger partial charge in [0.05, 0.1) is 18.3 Å². The highest BCUT2D eigenvalue weighted by Gasteiger charge is 2.17. The number of aromatic nitrogens is 1. The summed E-state index contributed by atoms with van der Waals surface area (Å²) in [6.07, 6.45) is 0. The minimum Gasteiger partial charge on any atom is -0.383 e. The van der Waals surface area contributed by atoms with Gasteiger partial charge in [-0.2, -0.15) is 0 Å². The summed E-state index contributed by atoms with van der Waals surface area (Å²) in [5.41, 5.74) is 7.97. The second-order valence-electron chi connectivity index (χ2n) is 4.75. The van der Waals surface area contributed by atoms with Crippen molar-refractivity contribution in [3.63, 3.8) is 0 Å². The molecule has 1 aromatic heterocycles. The summed E-state index contributed by atoms with van der Waals surface area (Å²) < 4.78 is 5.20. The molecule has 0 bridgehead atoms. The first-order chi connectivity index (χ1) is 9.67. The lowest BCUT2D eigenvalue weighted by Gasteiger charge is -2.23. The molecule has 0 saturated heterocycles. The van der Waals surface area contributed by atoms with E-state index in [2.05, 4.69) is 24.0 Å². The highest BCUT2D eigenvalue weighted by molar-refractivity contribution is 7.16. The second-order valence-corrected chi connectivity index (χ2v) is 5.82. The Kier molecular flexibility index (Phi) is 5.11. The van der Waals surface area contributed by atoms with Crippen molar-refractivity contribution in [1.29, 1.82) is 0 Å². The lowest BCUT2D eigenvalue weighted by atomic mass is 10.1. The molecule has 0 aliphatic rings. The number of thiazole rings is 1. The zero-order valence-corrected chi connectivity index (χ0v) is 13.0. The fourth-order valence-electron chi connectivity index (χ4n) is 1.99. The molecule has 20 heavy (non-hydrogen) atoms. The predicted molar refractivity (Wildman–Crippen MR) is 85.2 cm³/mol. The fraction of sp³-hybridized carbons (Fsp3) is 0.400. The Morgan fingerprint density at radius 3 is 2.65 bits per heavy atom. The molecule has 0 radical (unpaired) electrons. The van der Waals surface area contributed by atoms with Gasteiger partial charge < -0.3 is 15.4 Å². The average molecular weight is 291 g/mol. The molecule has 0 spiro atoms. The second kappa shape index (κ2) is 6.83. The van der Waals surface area contributed by atoms with Gasteiger partial charge in [0.15, 0.2) is 5.13 Å². The van der Waals surface area contributed by atoms with E-state index in [0.29, 0.717) is 13.2 Å². The van der Waals surface area contributed by atoms with Crippen molar-refractivity contribution < 1.29 is 4.74 Å². The van der Waals surface area contributed by atoms with Crippen molar-refractivity contribution in [2.75, 3.05) is 25.7 Å². The number of likely N-dealkylation sites (N-methyl/N-ethyl adjacent to an activating group) is 1. The molecular formula is C15H21N3OS. The van der Waals surface area contributed by atoms with Crippen molar-refractivity contribution in [1.82, 2.24) is 4.98 Å². The molecule has 1 aromatic carbocycles. The number of hydrogen-bond acceptors (Lipinski definition) is 5. The minimum atomic E-state index is 0.278. The molecule has 1 unspecified atom stereocenters. The molecule has 0 amide bonds. The molecule has 1 heterocycles. The molecule has 108 valence electrons. The lowest BCUT2D eigenvalue weighted by Crippen LogP contribution is -2.32. The van der Waals surface area contributed by atoms with Crippen molar-refractivity contribution in [3.05, 3.63) is 35.2 Å². The summed E-state index contributed by atoms with van der Waals surface area (Å²) >= 11 is 1.65. The maximum absolute atomic E-state index is 5.86. The number of benzene rings is 1. The van der Waals surface area contributed by atoms with Crippen LogP contribution in [0.1, 0.15) is 11.8 Å². The predicted octanol–water partition coefficient (Wildman–Crippen LogP) is 2.74. The Balaban J connectivity index is 2.32. The monoisotopic (exact) mass is 291 g/mol. The zero-order valence-electron chi connectivity index (χ0n) is 12.2. The van der Waals surface area contributed by atoms with Crippen molar-refractivity contribution in [2.45, 2.75) is 19.5 Å². The third kappa shape index (κ3) is 3.17. The summed E-state index contributed by atoms with van der Waals surface area (Å²) in [6.45, 7) is 3.30. The zero-order chi connectivity index (χ0) is 14.5. The van der Waals surface area contributed by atoms with Gasteiger partial charge in [-0.25, -0.2) is 4.98 Å². The molecule has 4 nitrogen and oxygen atoms in total. The highest BCUT2D eigenvalue weighted by atomic mass is 32.1. The molecule has 5 heteroatoms. The van der Waals surface area contributed by atoms with Crippen LogP contribution in [-0.2, 0) is 11.3 Å². The van der Waals surface area contributed by atoms with Gasteiger partial charge in [0, 0.05) is 31.1 Å². The first-order valence-corrected chi connectivity index (χ1v) is 7.46. The van der Waals surface area contributed by atoms with E-state index in [-0.39, 0.29) is 6.04 Å². The smallest absolute Gasteiger partial charge is 0.186 e. The van der Waals surface area contributed by atoms with E-state index >= 15 is 0 Å². The van der Waals surface area contributed by atoms with Crippen LogP contribution in [0.4, 0.5) is 5.13 Å². The molecule has 0 aliphatic heterocycles. The molecule has 1 atom stereocenters. The van der Waals surface area contributed by atoms with Crippen LogP contribution in [0.3, 0.4) is 0 Å². The topological polar surface area (TPSA) is 51.4 Å². The van der Waals surface area contributed by atoms with Crippen molar-refractivity contribution >= 4 is 16.5 Å². The van der Waals surface area contributed by atoms with Crippen LogP contribution in [0, 0.1) is 0 Å². The van der Waals surface area contributed by atoms with E-state index in [1.54, 1.807) is 18.4 Å². The van der Waals surface area contributed by atoms with Gasteiger partial charge in [0.1, 0.15) is 0 Å². The Labute approximate surface area is 124 Å². The number of anilines is 1. The Hall–Kier alpha value is -1.43. The van der Waals surface area contributed by atoms with Crippen LogP contribution in [0.15, 0.2) is 30.3 Å². The van der Waals surface area contributed by atoms with Crippen LogP contribution in [0.25, 0.3) is 11.3 Å². The van der Waals surface area contributed by atoms with E-state index in [1.807, 2.05) is 25.2 Å². The number of nitrogens with zero attached hydrogens (tertiary/aromatic N) is 2. The van der Waals surface area contributed by atoms with Gasteiger partial charge in [-0.05, 0) is 6.92 Å². The summed E-state index contributed by atoms with van der Waals surface area (Å²) in [5.74, 6) is 0. The first kappa shape index (κ1) is 15.0. The first-order valence-electron chi connectivity index (χ1n) is 6.64. The van der Waals surface area contributed by atoms with Crippen LogP contribution in [0.2, 0.25) is 0 Å². The number of rotatable bonds is 6.